The van der Waals surface area contributed by atoms with Crippen LogP contribution in [0.4, 0.5) is 4.79 Å². The summed E-state index contributed by atoms with van der Waals surface area (Å²) in [6.45, 7) is 4.63. The summed E-state index contributed by atoms with van der Waals surface area (Å²) in [4.78, 5) is 14.2. The number of urea groups is 1. The van der Waals surface area contributed by atoms with Crippen LogP contribution in [-0.2, 0) is 0 Å². The average Bonchev–Trinajstić information content (AvgIpc) is 2.94. The van der Waals surface area contributed by atoms with Crippen molar-refractivity contribution in [3.8, 4) is 5.75 Å². The van der Waals surface area contributed by atoms with E-state index < -0.39 is 0 Å². The zero-order valence-corrected chi connectivity index (χ0v) is 14.5. The highest BCUT2D eigenvalue weighted by Crippen LogP contribution is 2.36. The summed E-state index contributed by atoms with van der Waals surface area (Å²) < 4.78 is 5.23. The van der Waals surface area contributed by atoms with E-state index in [1.807, 2.05) is 12.1 Å². The molecular weight excluding hydrogens is 290 g/mol. The van der Waals surface area contributed by atoms with Crippen molar-refractivity contribution < 1.29 is 9.53 Å². The number of carbonyl (C=O) groups is 1. The number of nitrogens with zero attached hydrogens (tertiary/aromatic N) is 1. The first-order valence-corrected chi connectivity index (χ1v) is 8.51. The molecule has 0 aromatic heterocycles. The Labute approximate surface area is 139 Å². The summed E-state index contributed by atoms with van der Waals surface area (Å²) in [5, 5.41) is 5.93. The maximum absolute atomic E-state index is 11.8. The van der Waals surface area contributed by atoms with Crippen molar-refractivity contribution in [3.63, 3.8) is 0 Å². The molecule has 1 fully saturated rings. The number of benzene rings is 1. The van der Waals surface area contributed by atoms with Gasteiger partial charge in [-0.15, -0.1) is 0 Å². The number of carbonyl (C=O) groups excluding carboxylic acids is 1. The zero-order chi connectivity index (χ0) is 16.7. The van der Waals surface area contributed by atoms with Crippen molar-refractivity contribution in [2.75, 3.05) is 33.8 Å². The van der Waals surface area contributed by atoms with Gasteiger partial charge in [0.1, 0.15) is 5.75 Å². The van der Waals surface area contributed by atoms with Crippen LogP contribution in [0.2, 0.25) is 0 Å². The minimum Gasteiger partial charge on any atom is -0.497 e. The fourth-order valence-electron chi connectivity index (χ4n) is 3.23. The molecule has 0 spiro atoms. The summed E-state index contributed by atoms with van der Waals surface area (Å²) in [5.74, 6) is 1.31. The summed E-state index contributed by atoms with van der Waals surface area (Å²) in [6.07, 6.45) is 3.21. The van der Waals surface area contributed by atoms with E-state index in [4.69, 9.17) is 4.74 Å². The number of likely N-dealkylation sites (tertiary alicyclic amines) is 1. The van der Waals surface area contributed by atoms with Gasteiger partial charge < -0.3 is 15.4 Å². The molecule has 0 bridgehead atoms. The molecule has 0 radical (unpaired) electrons. The Morgan fingerprint density at radius 3 is 2.70 bits per heavy atom. The number of ether oxygens (including phenoxy) is 1. The molecule has 1 saturated heterocycles. The third kappa shape index (κ3) is 4.86. The average molecular weight is 319 g/mol. The van der Waals surface area contributed by atoms with Gasteiger partial charge in [-0.2, -0.15) is 0 Å². The van der Waals surface area contributed by atoms with Crippen LogP contribution in [0.3, 0.4) is 0 Å². The number of hydrogen-bond donors (Lipinski definition) is 2. The van der Waals surface area contributed by atoms with Gasteiger partial charge in [0, 0.05) is 19.1 Å². The van der Waals surface area contributed by atoms with Gasteiger partial charge in [0.2, 0.25) is 0 Å². The lowest BCUT2D eigenvalue weighted by molar-refractivity contribution is 0.233. The molecule has 1 aliphatic heterocycles. The van der Waals surface area contributed by atoms with Crippen LogP contribution in [0, 0.1) is 5.92 Å². The molecule has 0 unspecified atom stereocenters. The van der Waals surface area contributed by atoms with Crippen LogP contribution in [0.25, 0.3) is 0 Å². The Bertz CT molecular complexity index is 490. The minimum absolute atomic E-state index is 0.0542. The number of hydrogen-bond acceptors (Lipinski definition) is 3. The Kier molecular flexibility index (Phi) is 6.71. The molecular formula is C18H29N3O2. The third-order valence-corrected chi connectivity index (χ3v) is 4.57. The monoisotopic (exact) mass is 319 g/mol. The van der Waals surface area contributed by atoms with Gasteiger partial charge >= 0.3 is 6.03 Å². The van der Waals surface area contributed by atoms with Gasteiger partial charge in [-0.3, -0.25) is 4.90 Å². The SMILES string of the molecule is CCCCNC(=O)NC[C@H]1CCN(C)[C@@H]1c1ccc(OC)cc1. The number of amides is 2. The van der Waals surface area contributed by atoms with Crippen LogP contribution < -0.4 is 15.4 Å². The lowest BCUT2D eigenvalue weighted by Gasteiger charge is -2.26. The summed E-state index contributed by atoms with van der Waals surface area (Å²) >= 11 is 0. The van der Waals surface area contributed by atoms with Crippen molar-refractivity contribution in [2.45, 2.75) is 32.2 Å². The van der Waals surface area contributed by atoms with E-state index in [1.165, 1.54) is 5.56 Å². The Morgan fingerprint density at radius 1 is 1.30 bits per heavy atom. The minimum atomic E-state index is -0.0542. The molecule has 1 aromatic carbocycles. The summed E-state index contributed by atoms with van der Waals surface area (Å²) in [5.41, 5.74) is 1.28. The van der Waals surface area contributed by atoms with Gasteiger partial charge in [0.25, 0.3) is 0 Å². The van der Waals surface area contributed by atoms with Gasteiger partial charge in [0.15, 0.2) is 0 Å². The first kappa shape index (κ1) is 17.6. The second kappa shape index (κ2) is 8.77. The molecule has 2 rings (SSSR count). The maximum Gasteiger partial charge on any atom is 0.314 e. The van der Waals surface area contributed by atoms with Crippen LogP contribution in [-0.4, -0.2) is 44.7 Å². The quantitative estimate of drug-likeness (QED) is 0.760. The predicted octanol–water partition coefficient (Wildman–Crippen LogP) is 2.79. The Balaban J connectivity index is 1.91. The number of unbranched alkanes of at least 4 members (excludes halogenated alkanes) is 1. The predicted molar refractivity (Wildman–Crippen MR) is 92.8 cm³/mol. The normalized spacial score (nSPS) is 21.2. The highest BCUT2D eigenvalue weighted by molar-refractivity contribution is 5.73. The molecule has 0 aliphatic carbocycles. The number of nitrogens with one attached hydrogen (secondary N) is 2. The second-order valence-corrected chi connectivity index (χ2v) is 6.24. The molecule has 5 nitrogen and oxygen atoms in total. The van der Waals surface area contributed by atoms with Crippen LogP contribution in [0.15, 0.2) is 24.3 Å². The van der Waals surface area contributed by atoms with Crippen LogP contribution in [0.1, 0.15) is 37.8 Å². The number of methoxy groups -OCH3 is 1. The lowest BCUT2D eigenvalue weighted by Crippen LogP contribution is -2.39. The van der Waals surface area contributed by atoms with Crippen molar-refractivity contribution in [2.24, 2.45) is 5.92 Å². The fraction of sp³-hybridized carbons (Fsp3) is 0.611. The molecule has 5 heteroatoms. The maximum atomic E-state index is 11.8. The topological polar surface area (TPSA) is 53.6 Å². The molecule has 2 amide bonds. The summed E-state index contributed by atoms with van der Waals surface area (Å²) in [7, 11) is 3.83. The van der Waals surface area contributed by atoms with Crippen LogP contribution in [0.5, 0.6) is 5.75 Å². The first-order valence-electron chi connectivity index (χ1n) is 8.51. The fourth-order valence-corrected chi connectivity index (χ4v) is 3.23. The van der Waals surface area contributed by atoms with Gasteiger partial charge in [-0.25, -0.2) is 4.79 Å². The van der Waals surface area contributed by atoms with Gasteiger partial charge in [-0.05, 0) is 50.0 Å². The third-order valence-electron chi connectivity index (χ3n) is 4.57. The van der Waals surface area contributed by atoms with E-state index >= 15 is 0 Å². The highest BCUT2D eigenvalue weighted by Gasteiger charge is 2.33. The molecule has 1 aliphatic rings. The highest BCUT2D eigenvalue weighted by atomic mass is 16.5. The molecule has 1 aromatic rings. The molecule has 0 saturated carbocycles. The number of rotatable bonds is 7. The molecule has 1 heterocycles. The van der Waals surface area contributed by atoms with Crippen molar-refractivity contribution in [1.29, 1.82) is 0 Å². The molecule has 128 valence electrons. The standard InChI is InChI=1S/C18H29N3O2/c1-4-5-11-19-18(22)20-13-15-10-12-21(2)17(15)14-6-8-16(23-3)9-7-14/h6-9,15,17H,4-5,10-13H2,1-3H3,(H2,19,20,22)/t15-,17-/m1/s1. The summed E-state index contributed by atoms with van der Waals surface area (Å²) in [6, 6.07) is 8.55. The van der Waals surface area contributed by atoms with Crippen LogP contribution >= 0.6 is 0 Å². The van der Waals surface area contributed by atoms with E-state index in [0.717, 1.165) is 38.1 Å². The van der Waals surface area contributed by atoms with Crippen molar-refractivity contribution in [3.05, 3.63) is 29.8 Å². The molecule has 2 atom stereocenters. The smallest absolute Gasteiger partial charge is 0.314 e. The second-order valence-electron chi connectivity index (χ2n) is 6.24. The van der Waals surface area contributed by atoms with Gasteiger partial charge in [-0.1, -0.05) is 25.5 Å². The van der Waals surface area contributed by atoms with E-state index in [9.17, 15) is 4.79 Å². The van der Waals surface area contributed by atoms with Crippen molar-refractivity contribution >= 4 is 6.03 Å². The largest absolute Gasteiger partial charge is 0.497 e. The van der Waals surface area contributed by atoms with Gasteiger partial charge in [0.05, 0.1) is 7.11 Å². The molecule has 2 N–H and O–H groups in total. The Morgan fingerprint density at radius 2 is 2.04 bits per heavy atom. The van der Waals surface area contributed by atoms with E-state index in [-0.39, 0.29) is 6.03 Å². The zero-order valence-electron chi connectivity index (χ0n) is 14.5. The van der Waals surface area contributed by atoms with Crippen molar-refractivity contribution in [1.82, 2.24) is 15.5 Å². The molecule has 23 heavy (non-hydrogen) atoms. The van der Waals surface area contributed by atoms with E-state index in [2.05, 4.69) is 41.6 Å². The lowest BCUT2D eigenvalue weighted by atomic mass is 9.93. The van der Waals surface area contributed by atoms with E-state index in [0.29, 0.717) is 18.5 Å². The van der Waals surface area contributed by atoms with E-state index in [1.54, 1.807) is 7.11 Å². The Hall–Kier alpha value is -1.75. The first-order chi connectivity index (χ1) is 11.2.